The molecule has 67 heavy (non-hydrogen) atoms. The summed E-state index contributed by atoms with van der Waals surface area (Å²) in [5.41, 5.74) is 2.18. The number of hydrogen-bond acceptors (Lipinski definition) is 13. The Morgan fingerprint density at radius 2 is 1.58 bits per heavy atom. The zero-order valence-corrected chi connectivity index (χ0v) is 37.4. The van der Waals surface area contributed by atoms with Crippen molar-refractivity contribution in [1.82, 2.24) is 44.3 Å². The van der Waals surface area contributed by atoms with Crippen LogP contribution in [0.3, 0.4) is 0 Å². The number of amides is 2. The van der Waals surface area contributed by atoms with Crippen molar-refractivity contribution in [3.63, 3.8) is 0 Å². The van der Waals surface area contributed by atoms with Crippen LogP contribution in [0.2, 0.25) is 0 Å². The Bertz CT molecular complexity index is 3070. The number of pyridine rings is 1. The molecule has 11 rings (SSSR count). The minimum atomic E-state index is -1.13. The summed E-state index contributed by atoms with van der Waals surface area (Å²) < 4.78 is 19.6. The van der Waals surface area contributed by atoms with Gasteiger partial charge < -0.3 is 20.2 Å². The number of nitrogens with zero attached hydrogens (tertiary/aromatic N) is 10. The fourth-order valence-corrected chi connectivity index (χ4v) is 11.1. The lowest BCUT2D eigenvalue weighted by atomic mass is 9.76. The third kappa shape index (κ3) is 7.94. The number of aliphatic hydroxyl groups is 1. The number of aromatic nitrogens is 7. The predicted molar refractivity (Wildman–Crippen MR) is 251 cm³/mol. The molecule has 4 fully saturated rings. The van der Waals surface area contributed by atoms with Crippen LogP contribution in [0, 0.1) is 11.4 Å². The van der Waals surface area contributed by atoms with E-state index in [-0.39, 0.29) is 34.6 Å². The molecule has 0 radical (unpaired) electrons. The van der Waals surface area contributed by atoms with Crippen molar-refractivity contribution in [3.05, 3.63) is 111 Å². The van der Waals surface area contributed by atoms with Gasteiger partial charge in [-0.15, -0.1) is 5.10 Å². The molecule has 2 unspecified atom stereocenters. The molecular formula is C49H53FN12O5. The normalized spacial score (nSPS) is 23.9. The SMILES string of the molecule is C[C@@]1(O)CC/C=C\Cn2c(=O)c3cnc(Nc4ccc(N5CCN(C6CCC7(CCN(c8ccc9c(=O)n(C%10CCC(=O)NC%10=O)nc(F)c9c8)CC7)C6)CC5)cc4)nc3n2-c2cccc1n2. The molecule has 1 aliphatic carbocycles. The third-order valence-electron chi connectivity index (χ3n) is 15.0. The monoisotopic (exact) mass is 908 g/mol. The van der Waals surface area contributed by atoms with E-state index in [2.05, 4.69) is 47.5 Å². The third-order valence-corrected chi connectivity index (χ3v) is 15.0. The molecule has 3 N–H and O–H groups in total. The van der Waals surface area contributed by atoms with Gasteiger partial charge in [0.2, 0.25) is 17.8 Å². The van der Waals surface area contributed by atoms with Crippen molar-refractivity contribution >= 4 is 56.6 Å². The highest BCUT2D eigenvalue weighted by atomic mass is 19.1. The molecule has 18 heteroatoms. The number of halogens is 1. The Labute approximate surface area is 384 Å². The zero-order valence-electron chi connectivity index (χ0n) is 37.4. The highest BCUT2D eigenvalue weighted by Gasteiger charge is 2.43. The van der Waals surface area contributed by atoms with E-state index >= 15 is 4.39 Å². The van der Waals surface area contributed by atoms with Gasteiger partial charge >= 0.3 is 0 Å². The van der Waals surface area contributed by atoms with Crippen LogP contribution in [-0.4, -0.2) is 101 Å². The molecule has 8 heterocycles. The molecule has 2 bridgehead atoms. The second-order valence-electron chi connectivity index (χ2n) is 19.1. The number of carbonyl (C=O) groups is 2. The Kier molecular flexibility index (Phi) is 10.8. The van der Waals surface area contributed by atoms with E-state index in [4.69, 9.17) is 9.97 Å². The molecule has 346 valence electrons. The Balaban J connectivity index is 0.703. The van der Waals surface area contributed by atoms with Crippen LogP contribution in [0.25, 0.3) is 27.6 Å². The van der Waals surface area contributed by atoms with E-state index in [1.807, 2.05) is 42.5 Å². The van der Waals surface area contributed by atoms with Gasteiger partial charge in [0, 0.05) is 80.4 Å². The first-order valence-electron chi connectivity index (χ1n) is 23.4. The van der Waals surface area contributed by atoms with Crippen LogP contribution in [0.5, 0.6) is 0 Å². The van der Waals surface area contributed by atoms with Crippen molar-refractivity contribution in [3.8, 4) is 5.82 Å². The summed E-state index contributed by atoms with van der Waals surface area (Å²) >= 11 is 0. The molecule has 1 saturated carbocycles. The van der Waals surface area contributed by atoms with Crippen LogP contribution >= 0.6 is 0 Å². The smallest absolute Gasteiger partial charge is 0.278 e. The lowest BCUT2D eigenvalue weighted by Gasteiger charge is -2.42. The fourth-order valence-electron chi connectivity index (χ4n) is 11.1. The number of benzene rings is 2. The topological polar surface area (TPSA) is 189 Å². The second-order valence-corrected chi connectivity index (χ2v) is 19.1. The molecular weight excluding hydrogens is 856 g/mol. The van der Waals surface area contributed by atoms with E-state index in [0.717, 1.165) is 73.9 Å². The lowest BCUT2D eigenvalue weighted by Crippen LogP contribution is -2.50. The van der Waals surface area contributed by atoms with Gasteiger partial charge in [-0.3, -0.25) is 29.4 Å². The molecule has 4 aromatic heterocycles. The number of allylic oxidation sites excluding steroid dienone is 2. The molecule has 3 saturated heterocycles. The van der Waals surface area contributed by atoms with Gasteiger partial charge in [-0.05, 0) is 118 Å². The number of hydrogen-bond donors (Lipinski definition) is 3. The highest BCUT2D eigenvalue weighted by molar-refractivity contribution is 5.99. The summed E-state index contributed by atoms with van der Waals surface area (Å²) in [4.78, 5) is 72.5. The zero-order chi connectivity index (χ0) is 46.0. The molecule has 2 amide bonds. The van der Waals surface area contributed by atoms with Crippen LogP contribution in [0.15, 0.2) is 88.6 Å². The molecule has 17 nitrogen and oxygen atoms in total. The minimum absolute atomic E-state index is 0.0651. The van der Waals surface area contributed by atoms with Gasteiger partial charge in [0.25, 0.3) is 17.0 Å². The fraction of sp³-hybridized carbons (Fsp3) is 0.429. The van der Waals surface area contributed by atoms with Gasteiger partial charge in [-0.2, -0.15) is 9.37 Å². The largest absolute Gasteiger partial charge is 0.384 e. The molecule has 5 aliphatic rings. The molecule has 1 spiro atoms. The van der Waals surface area contributed by atoms with E-state index in [0.29, 0.717) is 53.9 Å². The van der Waals surface area contributed by atoms with E-state index in [9.17, 15) is 24.3 Å². The lowest BCUT2D eigenvalue weighted by molar-refractivity contribution is -0.136. The average molecular weight is 909 g/mol. The van der Waals surface area contributed by atoms with Crippen molar-refractivity contribution in [2.75, 3.05) is 54.4 Å². The first-order chi connectivity index (χ1) is 32.4. The van der Waals surface area contributed by atoms with Gasteiger partial charge in [-0.25, -0.2) is 24.0 Å². The van der Waals surface area contributed by atoms with Crippen LogP contribution in [0.1, 0.15) is 76.4 Å². The number of anilines is 4. The van der Waals surface area contributed by atoms with E-state index < -0.39 is 35.0 Å². The summed E-state index contributed by atoms with van der Waals surface area (Å²) in [6, 6.07) is 18.5. The van der Waals surface area contributed by atoms with Crippen LogP contribution < -0.4 is 31.6 Å². The van der Waals surface area contributed by atoms with Gasteiger partial charge in [-0.1, -0.05) is 18.2 Å². The predicted octanol–water partition coefficient (Wildman–Crippen LogP) is 5.07. The number of nitrogens with one attached hydrogen (secondary N) is 2. The summed E-state index contributed by atoms with van der Waals surface area (Å²) in [6.07, 6.45) is 12.5. The Hall–Kier alpha value is -6.79. The quantitative estimate of drug-likeness (QED) is 0.149. The average Bonchev–Trinajstić information content (AvgIpc) is 3.87. The van der Waals surface area contributed by atoms with Gasteiger partial charge in [0.15, 0.2) is 11.5 Å². The number of rotatable bonds is 6. The van der Waals surface area contributed by atoms with Crippen LogP contribution in [0.4, 0.5) is 27.4 Å². The number of piperazine rings is 1. The van der Waals surface area contributed by atoms with Crippen molar-refractivity contribution in [1.29, 1.82) is 0 Å². The molecule has 2 aromatic carbocycles. The highest BCUT2D eigenvalue weighted by Crippen LogP contribution is 2.48. The van der Waals surface area contributed by atoms with E-state index in [1.165, 1.54) is 19.3 Å². The summed E-state index contributed by atoms with van der Waals surface area (Å²) in [5, 5.41) is 21.3. The summed E-state index contributed by atoms with van der Waals surface area (Å²) in [5.74, 6) is -1.02. The maximum atomic E-state index is 15.4. The summed E-state index contributed by atoms with van der Waals surface area (Å²) in [6.45, 7) is 7.65. The van der Waals surface area contributed by atoms with E-state index in [1.54, 1.807) is 40.7 Å². The second kappa shape index (κ2) is 16.8. The Morgan fingerprint density at radius 1 is 0.806 bits per heavy atom. The number of carbonyl (C=O) groups excluding carboxylic acids is 2. The van der Waals surface area contributed by atoms with Crippen molar-refractivity contribution < 1.29 is 19.1 Å². The summed E-state index contributed by atoms with van der Waals surface area (Å²) in [7, 11) is 0. The first-order valence-corrected chi connectivity index (χ1v) is 23.4. The van der Waals surface area contributed by atoms with Gasteiger partial charge in [0.1, 0.15) is 17.0 Å². The van der Waals surface area contributed by atoms with Crippen molar-refractivity contribution in [2.45, 2.75) is 88.9 Å². The minimum Gasteiger partial charge on any atom is -0.384 e. The standard InChI is InChI=1S/C49H53FN12O5/c1-48(67)17-3-2-4-21-60-45(65)37-30-51-47(55-43(37)62(60)40-7-5-6-39(48)53-40)52-31-8-10-32(11-9-31)58-24-26-59(27-25-58)34-16-18-49(29-34)19-22-57(23-20-49)33-12-13-35-36(28-33)42(50)56-61(46(35)66)38-14-15-41(63)54-44(38)64/h2,4-13,28,30,34,38,67H,3,14-27,29H2,1H3,(H,51,52,55)(H,54,63,64)/b4-2-/t34?,38?,48-/m1/s1. The first kappa shape index (κ1) is 42.8. The maximum absolute atomic E-state index is 15.4. The number of fused-ring (bicyclic) bond motifs is 7. The number of piperidine rings is 2. The van der Waals surface area contributed by atoms with Crippen LogP contribution in [-0.2, 0) is 21.7 Å². The Morgan fingerprint density at radius 3 is 2.37 bits per heavy atom. The van der Waals surface area contributed by atoms with Crippen molar-refractivity contribution in [2.24, 2.45) is 5.41 Å². The molecule has 3 atom stereocenters. The molecule has 4 aliphatic heterocycles. The number of imide groups is 1. The van der Waals surface area contributed by atoms with Gasteiger partial charge in [0.05, 0.1) is 17.6 Å². The maximum Gasteiger partial charge on any atom is 0.278 e. The molecule has 6 aromatic rings.